The summed E-state index contributed by atoms with van der Waals surface area (Å²) in [6.07, 6.45) is 1.18. The van der Waals surface area contributed by atoms with Gasteiger partial charge in [0, 0.05) is 11.0 Å². The molecule has 0 saturated heterocycles. The van der Waals surface area contributed by atoms with Crippen molar-refractivity contribution in [2.75, 3.05) is 40.3 Å². The molecule has 4 heteroatoms. The summed E-state index contributed by atoms with van der Waals surface area (Å²) < 4.78 is 6.74. The van der Waals surface area contributed by atoms with Gasteiger partial charge in [0.25, 0.3) is 0 Å². The Morgan fingerprint density at radius 1 is 1.22 bits per heavy atom. The highest BCUT2D eigenvalue weighted by Crippen LogP contribution is 2.16. The van der Waals surface area contributed by atoms with Crippen LogP contribution in [0.5, 0.6) is 0 Å². The monoisotopic (exact) mass is 314 g/mol. The fourth-order valence-corrected chi connectivity index (χ4v) is 1.99. The molecule has 0 spiro atoms. The molecule has 0 aliphatic carbocycles. The van der Waals surface area contributed by atoms with Gasteiger partial charge in [-0.05, 0) is 45.2 Å². The first-order valence-corrected chi connectivity index (χ1v) is 7.16. The normalized spacial score (nSPS) is 11.1. The summed E-state index contributed by atoms with van der Waals surface area (Å²) in [5.74, 6) is 0. The highest BCUT2D eigenvalue weighted by Gasteiger charge is 1.98. The van der Waals surface area contributed by atoms with Crippen molar-refractivity contribution in [3.8, 4) is 0 Å². The van der Waals surface area contributed by atoms with Gasteiger partial charge in [-0.25, -0.2) is 0 Å². The molecule has 0 saturated carbocycles. The zero-order chi connectivity index (χ0) is 13.2. The molecule has 0 fully saturated rings. The van der Waals surface area contributed by atoms with Crippen molar-refractivity contribution in [3.63, 3.8) is 0 Å². The maximum absolute atomic E-state index is 5.63. The predicted octanol–water partition coefficient (Wildman–Crippen LogP) is 2.51. The van der Waals surface area contributed by atoms with Gasteiger partial charge in [-0.1, -0.05) is 34.1 Å². The van der Waals surface area contributed by atoms with E-state index in [0.29, 0.717) is 6.61 Å². The number of rotatable bonds is 9. The van der Waals surface area contributed by atoms with Crippen LogP contribution in [0.1, 0.15) is 12.0 Å². The van der Waals surface area contributed by atoms with Gasteiger partial charge in [0.15, 0.2) is 0 Å². The highest BCUT2D eigenvalue weighted by molar-refractivity contribution is 9.10. The zero-order valence-electron chi connectivity index (χ0n) is 11.3. The SMILES string of the molecule is CN(C)CCCNCCOCc1ccccc1Br. The Hall–Kier alpha value is -0.420. The van der Waals surface area contributed by atoms with Crippen LogP contribution in [0.4, 0.5) is 0 Å². The minimum atomic E-state index is 0.667. The number of nitrogens with zero attached hydrogens (tertiary/aromatic N) is 1. The van der Waals surface area contributed by atoms with Crippen LogP contribution in [0.3, 0.4) is 0 Å². The minimum Gasteiger partial charge on any atom is -0.375 e. The van der Waals surface area contributed by atoms with Crippen LogP contribution < -0.4 is 5.32 Å². The van der Waals surface area contributed by atoms with Gasteiger partial charge < -0.3 is 15.0 Å². The summed E-state index contributed by atoms with van der Waals surface area (Å²) >= 11 is 3.51. The first-order chi connectivity index (χ1) is 8.70. The van der Waals surface area contributed by atoms with E-state index in [2.05, 4.69) is 46.3 Å². The number of nitrogens with one attached hydrogen (secondary N) is 1. The lowest BCUT2D eigenvalue weighted by atomic mass is 10.2. The predicted molar refractivity (Wildman–Crippen MR) is 79.8 cm³/mol. The average Bonchev–Trinajstić information content (AvgIpc) is 2.34. The second kappa shape index (κ2) is 9.50. The van der Waals surface area contributed by atoms with Crippen LogP contribution in [0, 0.1) is 0 Å². The number of ether oxygens (including phenoxy) is 1. The fourth-order valence-electron chi connectivity index (χ4n) is 1.59. The molecule has 0 bridgehead atoms. The summed E-state index contributed by atoms with van der Waals surface area (Å²) in [7, 11) is 4.20. The third kappa shape index (κ3) is 7.11. The van der Waals surface area contributed by atoms with Crippen LogP contribution in [-0.2, 0) is 11.3 Å². The zero-order valence-corrected chi connectivity index (χ0v) is 12.9. The Bertz CT molecular complexity index is 331. The van der Waals surface area contributed by atoms with Crippen LogP contribution in [-0.4, -0.2) is 45.2 Å². The Labute approximate surface area is 119 Å². The van der Waals surface area contributed by atoms with Gasteiger partial charge in [0.1, 0.15) is 0 Å². The molecule has 0 aliphatic heterocycles. The third-order valence-corrected chi connectivity index (χ3v) is 3.37. The summed E-state index contributed by atoms with van der Waals surface area (Å²) in [5.41, 5.74) is 1.20. The molecule has 0 aromatic heterocycles. The average molecular weight is 315 g/mol. The molecule has 18 heavy (non-hydrogen) atoms. The molecule has 0 radical (unpaired) electrons. The van der Waals surface area contributed by atoms with Crippen molar-refractivity contribution in [3.05, 3.63) is 34.3 Å². The van der Waals surface area contributed by atoms with Gasteiger partial charge in [-0.2, -0.15) is 0 Å². The molecule has 0 amide bonds. The summed E-state index contributed by atoms with van der Waals surface area (Å²) in [6.45, 7) is 4.52. The van der Waals surface area contributed by atoms with E-state index < -0.39 is 0 Å². The summed E-state index contributed by atoms with van der Waals surface area (Å²) in [6, 6.07) is 8.16. The Morgan fingerprint density at radius 3 is 2.72 bits per heavy atom. The van der Waals surface area contributed by atoms with E-state index in [1.807, 2.05) is 18.2 Å². The van der Waals surface area contributed by atoms with Crippen molar-refractivity contribution in [2.24, 2.45) is 0 Å². The second-order valence-corrected chi connectivity index (χ2v) is 5.41. The maximum Gasteiger partial charge on any atom is 0.0728 e. The molecule has 0 atom stereocenters. The number of benzene rings is 1. The summed E-state index contributed by atoms with van der Waals surface area (Å²) in [4.78, 5) is 2.20. The first kappa shape index (κ1) is 15.6. The summed E-state index contributed by atoms with van der Waals surface area (Å²) in [5, 5.41) is 3.38. The van der Waals surface area contributed by atoms with Gasteiger partial charge in [-0.15, -0.1) is 0 Å². The lowest BCUT2D eigenvalue weighted by Gasteiger charge is -2.10. The fraction of sp³-hybridized carbons (Fsp3) is 0.571. The van der Waals surface area contributed by atoms with Gasteiger partial charge in [-0.3, -0.25) is 0 Å². The highest BCUT2D eigenvalue weighted by atomic mass is 79.9. The minimum absolute atomic E-state index is 0.667. The largest absolute Gasteiger partial charge is 0.375 e. The van der Waals surface area contributed by atoms with Crippen molar-refractivity contribution in [2.45, 2.75) is 13.0 Å². The topological polar surface area (TPSA) is 24.5 Å². The standard InChI is InChI=1S/C14H23BrN2O/c1-17(2)10-5-8-16-9-11-18-12-13-6-3-4-7-14(13)15/h3-4,6-7,16H,5,8-12H2,1-2H3. The molecule has 1 aromatic rings. The quantitative estimate of drug-likeness (QED) is 0.709. The Balaban J connectivity index is 1.98. The Kier molecular flexibility index (Phi) is 8.25. The van der Waals surface area contributed by atoms with Crippen molar-refractivity contribution in [1.82, 2.24) is 10.2 Å². The van der Waals surface area contributed by atoms with E-state index in [4.69, 9.17) is 4.74 Å². The van der Waals surface area contributed by atoms with Crippen molar-refractivity contribution < 1.29 is 4.74 Å². The third-order valence-electron chi connectivity index (χ3n) is 2.60. The number of halogens is 1. The van der Waals surface area contributed by atoms with Gasteiger partial charge in [0.2, 0.25) is 0 Å². The van der Waals surface area contributed by atoms with Crippen LogP contribution >= 0.6 is 15.9 Å². The molecule has 0 heterocycles. The molecule has 0 aliphatic rings. The number of hydrogen-bond donors (Lipinski definition) is 1. The molecular weight excluding hydrogens is 292 g/mol. The van der Waals surface area contributed by atoms with E-state index in [1.54, 1.807) is 0 Å². The van der Waals surface area contributed by atoms with Gasteiger partial charge >= 0.3 is 0 Å². The van der Waals surface area contributed by atoms with E-state index in [0.717, 1.165) is 30.7 Å². The molecule has 3 nitrogen and oxygen atoms in total. The lowest BCUT2D eigenvalue weighted by Crippen LogP contribution is -2.24. The van der Waals surface area contributed by atoms with Crippen LogP contribution in [0.15, 0.2) is 28.7 Å². The lowest BCUT2D eigenvalue weighted by molar-refractivity contribution is 0.122. The second-order valence-electron chi connectivity index (χ2n) is 4.55. The van der Waals surface area contributed by atoms with E-state index in [1.165, 1.54) is 12.0 Å². The number of hydrogen-bond acceptors (Lipinski definition) is 3. The smallest absolute Gasteiger partial charge is 0.0728 e. The van der Waals surface area contributed by atoms with Gasteiger partial charge in [0.05, 0.1) is 13.2 Å². The molecular formula is C14H23BrN2O. The van der Waals surface area contributed by atoms with Crippen molar-refractivity contribution >= 4 is 15.9 Å². The van der Waals surface area contributed by atoms with E-state index in [-0.39, 0.29) is 0 Å². The van der Waals surface area contributed by atoms with E-state index >= 15 is 0 Å². The molecule has 0 unspecified atom stereocenters. The molecule has 1 aromatic carbocycles. The van der Waals surface area contributed by atoms with Crippen LogP contribution in [0.2, 0.25) is 0 Å². The first-order valence-electron chi connectivity index (χ1n) is 6.36. The molecule has 1 N–H and O–H groups in total. The maximum atomic E-state index is 5.63. The van der Waals surface area contributed by atoms with E-state index in [9.17, 15) is 0 Å². The van der Waals surface area contributed by atoms with Crippen LogP contribution in [0.25, 0.3) is 0 Å². The molecule has 102 valence electrons. The van der Waals surface area contributed by atoms with Crippen molar-refractivity contribution in [1.29, 1.82) is 0 Å². The Morgan fingerprint density at radius 2 is 2.00 bits per heavy atom. The molecule has 1 rings (SSSR count).